The number of aryl methyl sites for hydroxylation is 2. The Morgan fingerprint density at radius 1 is 1.00 bits per heavy atom. The van der Waals surface area contributed by atoms with Crippen molar-refractivity contribution >= 4 is 23.7 Å². The van der Waals surface area contributed by atoms with E-state index in [0.717, 1.165) is 22.3 Å². The fourth-order valence-electron chi connectivity index (χ4n) is 3.17. The molecule has 0 atom stereocenters. The molecule has 0 aliphatic rings. The third kappa shape index (κ3) is 6.86. The standard InChI is InChI=1S/C26H27ClN2O3/c1-4-31-25-14-21(8-12-24(25)32-17-20-6-10-23(27)11-7-20)16-28-29-26(30)15-22-9-5-18(2)13-19(22)3/h5-14,16H,4,15,17H2,1-3H3,(H,29,30)/b28-16-. The van der Waals surface area contributed by atoms with Crippen molar-refractivity contribution in [2.45, 2.75) is 33.8 Å². The normalized spacial score (nSPS) is 10.9. The van der Waals surface area contributed by atoms with E-state index in [0.29, 0.717) is 29.7 Å². The van der Waals surface area contributed by atoms with Crippen molar-refractivity contribution in [3.63, 3.8) is 0 Å². The third-order valence-electron chi connectivity index (χ3n) is 4.83. The molecule has 0 aliphatic carbocycles. The van der Waals surface area contributed by atoms with Crippen molar-refractivity contribution in [1.29, 1.82) is 0 Å². The van der Waals surface area contributed by atoms with Crippen LogP contribution in [0.1, 0.15) is 34.7 Å². The number of carbonyl (C=O) groups excluding carboxylic acids is 1. The van der Waals surface area contributed by atoms with Crippen molar-refractivity contribution in [3.05, 3.63) is 93.5 Å². The zero-order valence-electron chi connectivity index (χ0n) is 18.5. The van der Waals surface area contributed by atoms with E-state index in [-0.39, 0.29) is 12.3 Å². The van der Waals surface area contributed by atoms with Gasteiger partial charge in [0.1, 0.15) is 6.61 Å². The predicted molar refractivity (Wildman–Crippen MR) is 129 cm³/mol. The summed E-state index contributed by atoms with van der Waals surface area (Å²) >= 11 is 5.93. The summed E-state index contributed by atoms with van der Waals surface area (Å²) in [6.45, 7) is 6.86. The molecule has 0 saturated carbocycles. The topological polar surface area (TPSA) is 59.9 Å². The Hall–Kier alpha value is -3.31. The van der Waals surface area contributed by atoms with Gasteiger partial charge in [0.2, 0.25) is 5.91 Å². The second kappa shape index (κ2) is 11.3. The van der Waals surface area contributed by atoms with Crippen molar-refractivity contribution in [1.82, 2.24) is 5.43 Å². The van der Waals surface area contributed by atoms with Gasteiger partial charge >= 0.3 is 0 Å². The largest absolute Gasteiger partial charge is 0.490 e. The number of carbonyl (C=O) groups is 1. The molecule has 0 fully saturated rings. The van der Waals surface area contributed by atoms with Gasteiger partial charge in [0.15, 0.2) is 11.5 Å². The first kappa shape index (κ1) is 23.4. The van der Waals surface area contributed by atoms with Crippen molar-refractivity contribution in [2.24, 2.45) is 5.10 Å². The Labute approximate surface area is 194 Å². The van der Waals surface area contributed by atoms with Gasteiger partial charge in [-0.15, -0.1) is 0 Å². The minimum absolute atomic E-state index is 0.166. The first-order chi connectivity index (χ1) is 15.4. The molecule has 0 aliphatic heterocycles. The van der Waals surface area contributed by atoms with Crippen LogP contribution in [0.4, 0.5) is 0 Å². The van der Waals surface area contributed by atoms with Gasteiger partial charge in [-0.3, -0.25) is 4.79 Å². The van der Waals surface area contributed by atoms with E-state index >= 15 is 0 Å². The molecule has 1 amide bonds. The predicted octanol–water partition coefficient (Wildman–Crippen LogP) is 5.63. The number of amides is 1. The van der Waals surface area contributed by atoms with E-state index in [1.54, 1.807) is 6.21 Å². The summed E-state index contributed by atoms with van der Waals surface area (Å²) in [5, 5.41) is 4.77. The molecule has 0 radical (unpaired) electrons. The van der Waals surface area contributed by atoms with E-state index in [1.807, 2.05) is 75.4 Å². The number of ether oxygens (including phenoxy) is 2. The van der Waals surface area contributed by atoms with Crippen LogP contribution in [-0.4, -0.2) is 18.7 Å². The van der Waals surface area contributed by atoms with Crippen LogP contribution in [0.25, 0.3) is 0 Å². The van der Waals surface area contributed by atoms with Gasteiger partial charge in [0.05, 0.1) is 19.2 Å². The molecule has 3 aromatic rings. The van der Waals surface area contributed by atoms with Crippen LogP contribution in [0.5, 0.6) is 11.5 Å². The lowest BCUT2D eigenvalue weighted by Crippen LogP contribution is -2.20. The monoisotopic (exact) mass is 450 g/mol. The summed E-state index contributed by atoms with van der Waals surface area (Å²) in [5.74, 6) is 1.09. The lowest BCUT2D eigenvalue weighted by atomic mass is 10.0. The lowest BCUT2D eigenvalue weighted by Gasteiger charge is -2.12. The van der Waals surface area contributed by atoms with Gasteiger partial charge in [-0.2, -0.15) is 5.10 Å². The molecule has 6 heteroatoms. The van der Waals surface area contributed by atoms with Crippen LogP contribution >= 0.6 is 11.6 Å². The molecule has 0 unspecified atom stereocenters. The highest BCUT2D eigenvalue weighted by Gasteiger charge is 2.08. The first-order valence-corrected chi connectivity index (χ1v) is 10.8. The Bertz CT molecular complexity index is 1090. The second-order valence-corrected chi connectivity index (χ2v) is 7.89. The van der Waals surface area contributed by atoms with Crippen LogP contribution in [0.2, 0.25) is 5.02 Å². The number of hydrazone groups is 1. The highest BCUT2D eigenvalue weighted by Crippen LogP contribution is 2.29. The maximum absolute atomic E-state index is 12.2. The van der Waals surface area contributed by atoms with Crippen LogP contribution in [0.15, 0.2) is 65.8 Å². The van der Waals surface area contributed by atoms with Gasteiger partial charge in [-0.05, 0) is 73.4 Å². The number of halogens is 1. The molecular weight excluding hydrogens is 424 g/mol. The number of nitrogens with one attached hydrogen (secondary N) is 1. The number of hydrogen-bond donors (Lipinski definition) is 1. The quantitative estimate of drug-likeness (QED) is 0.339. The second-order valence-electron chi connectivity index (χ2n) is 7.45. The molecule has 0 bridgehead atoms. The third-order valence-corrected chi connectivity index (χ3v) is 5.08. The van der Waals surface area contributed by atoms with Crippen molar-refractivity contribution in [2.75, 3.05) is 6.61 Å². The average Bonchev–Trinajstić information content (AvgIpc) is 2.76. The van der Waals surface area contributed by atoms with Gasteiger partial charge in [0.25, 0.3) is 0 Å². The minimum atomic E-state index is -0.166. The highest BCUT2D eigenvalue weighted by atomic mass is 35.5. The molecule has 32 heavy (non-hydrogen) atoms. The van der Waals surface area contributed by atoms with E-state index in [1.165, 1.54) is 5.56 Å². The van der Waals surface area contributed by atoms with Crippen LogP contribution in [-0.2, 0) is 17.8 Å². The maximum Gasteiger partial charge on any atom is 0.244 e. The number of nitrogens with zero attached hydrogens (tertiary/aromatic N) is 1. The SMILES string of the molecule is CCOc1cc(/C=N\NC(=O)Cc2ccc(C)cc2C)ccc1OCc1ccc(Cl)cc1. The molecule has 0 aromatic heterocycles. The minimum Gasteiger partial charge on any atom is -0.490 e. The molecule has 166 valence electrons. The Kier molecular flexibility index (Phi) is 8.28. The molecular formula is C26H27ClN2O3. The number of benzene rings is 3. The molecule has 0 spiro atoms. The summed E-state index contributed by atoms with van der Waals surface area (Å²) in [4.78, 5) is 12.2. The van der Waals surface area contributed by atoms with Crippen molar-refractivity contribution < 1.29 is 14.3 Å². The van der Waals surface area contributed by atoms with Gasteiger partial charge < -0.3 is 9.47 Å². The Morgan fingerprint density at radius 3 is 2.50 bits per heavy atom. The molecule has 5 nitrogen and oxygen atoms in total. The fraction of sp³-hybridized carbons (Fsp3) is 0.231. The zero-order valence-corrected chi connectivity index (χ0v) is 19.3. The number of rotatable bonds is 9. The first-order valence-electron chi connectivity index (χ1n) is 10.5. The van der Waals surface area contributed by atoms with Gasteiger partial charge in [-0.25, -0.2) is 5.43 Å². The lowest BCUT2D eigenvalue weighted by molar-refractivity contribution is -0.120. The average molecular weight is 451 g/mol. The molecule has 3 rings (SSSR count). The summed E-state index contributed by atoms with van der Waals surface area (Å²) < 4.78 is 11.6. The smallest absolute Gasteiger partial charge is 0.244 e. The fourth-order valence-corrected chi connectivity index (χ4v) is 3.30. The van der Waals surface area contributed by atoms with E-state index in [4.69, 9.17) is 21.1 Å². The summed E-state index contributed by atoms with van der Waals surface area (Å²) in [5.41, 5.74) is 7.65. The molecule has 3 aromatic carbocycles. The summed E-state index contributed by atoms with van der Waals surface area (Å²) in [6, 6.07) is 19.1. The highest BCUT2D eigenvalue weighted by molar-refractivity contribution is 6.30. The zero-order chi connectivity index (χ0) is 22.9. The van der Waals surface area contributed by atoms with E-state index in [2.05, 4.69) is 16.6 Å². The Balaban J connectivity index is 1.60. The van der Waals surface area contributed by atoms with Crippen molar-refractivity contribution in [3.8, 4) is 11.5 Å². The van der Waals surface area contributed by atoms with Crippen LogP contribution < -0.4 is 14.9 Å². The summed E-state index contributed by atoms with van der Waals surface area (Å²) in [7, 11) is 0. The van der Waals surface area contributed by atoms with Gasteiger partial charge in [0, 0.05) is 5.02 Å². The summed E-state index contributed by atoms with van der Waals surface area (Å²) in [6.07, 6.45) is 1.87. The Morgan fingerprint density at radius 2 is 1.78 bits per heavy atom. The maximum atomic E-state index is 12.2. The van der Waals surface area contributed by atoms with Crippen LogP contribution in [0, 0.1) is 13.8 Å². The number of hydrogen-bond acceptors (Lipinski definition) is 4. The molecule has 0 heterocycles. The van der Waals surface area contributed by atoms with E-state index in [9.17, 15) is 4.79 Å². The molecule has 1 N–H and O–H groups in total. The van der Waals surface area contributed by atoms with Gasteiger partial charge in [-0.1, -0.05) is 47.5 Å². The molecule has 0 saturated heterocycles. The van der Waals surface area contributed by atoms with Crippen LogP contribution in [0.3, 0.4) is 0 Å². The van der Waals surface area contributed by atoms with E-state index < -0.39 is 0 Å².